The van der Waals surface area contributed by atoms with Crippen molar-refractivity contribution in [2.24, 2.45) is 28.6 Å². The number of carbonyl (C=O) groups is 1. The first-order valence-electron chi connectivity index (χ1n) is 9.32. The molecule has 0 saturated heterocycles. The smallest absolute Gasteiger partial charge is 0.145 e. The minimum absolute atomic E-state index is 0.0769. The summed E-state index contributed by atoms with van der Waals surface area (Å²) in [6.45, 7) is 3.95. The van der Waals surface area contributed by atoms with Crippen LogP contribution in [0.5, 0.6) is 0 Å². The van der Waals surface area contributed by atoms with Crippen molar-refractivity contribution in [1.29, 1.82) is 0 Å². The van der Waals surface area contributed by atoms with Gasteiger partial charge in [0, 0.05) is 17.3 Å². The van der Waals surface area contributed by atoms with Crippen molar-refractivity contribution in [3.05, 3.63) is 0 Å². The van der Waals surface area contributed by atoms with E-state index in [9.17, 15) is 15.0 Å². The number of alkyl halides is 1. The lowest BCUT2D eigenvalue weighted by atomic mass is 9.43. The molecular formula is C19H29FO3. The lowest BCUT2D eigenvalue weighted by Gasteiger charge is -2.64. The van der Waals surface area contributed by atoms with Gasteiger partial charge in [-0.1, -0.05) is 13.8 Å². The van der Waals surface area contributed by atoms with Gasteiger partial charge in [-0.3, -0.25) is 4.79 Å². The topological polar surface area (TPSA) is 57.5 Å². The zero-order valence-corrected chi connectivity index (χ0v) is 14.2. The Morgan fingerprint density at radius 2 is 1.83 bits per heavy atom. The van der Waals surface area contributed by atoms with E-state index in [4.69, 9.17) is 0 Å². The summed E-state index contributed by atoms with van der Waals surface area (Å²) >= 11 is 0. The number of fused-ring (bicyclic) bond motifs is 5. The monoisotopic (exact) mass is 324 g/mol. The number of aliphatic hydroxyl groups excluding tert-OH is 2. The first-order chi connectivity index (χ1) is 10.7. The highest BCUT2D eigenvalue weighted by Crippen LogP contribution is 2.68. The van der Waals surface area contributed by atoms with E-state index >= 15 is 4.39 Å². The van der Waals surface area contributed by atoms with Gasteiger partial charge < -0.3 is 10.2 Å². The number of Topliss-reactive ketones (excluding diaryl/α,β-unsaturated/α-hetero) is 1. The van der Waals surface area contributed by atoms with Gasteiger partial charge in [-0.05, 0) is 62.7 Å². The molecule has 0 unspecified atom stereocenters. The van der Waals surface area contributed by atoms with Crippen molar-refractivity contribution in [2.75, 3.05) is 0 Å². The van der Waals surface area contributed by atoms with Crippen molar-refractivity contribution in [3.63, 3.8) is 0 Å². The standard InChI is InChI=1S/C19H29FO3/c1-17-10-16(23)19(20)14(13(17)5-6-15(17)22)4-3-11-9-12(21)7-8-18(11,19)2/h11-14,16,21,23H,3-10H2,1-2H3/t11-,12+,13-,14+,16-,17-,18-,19-/m0/s1. The molecule has 4 fully saturated rings. The minimum Gasteiger partial charge on any atom is -0.393 e. The van der Waals surface area contributed by atoms with Crippen molar-refractivity contribution >= 4 is 5.78 Å². The molecule has 0 bridgehead atoms. The second-order valence-corrected chi connectivity index (χ2v) is 9.20. The average Bonchev–Trinajstić information content (AvgIpc) is 2.77. The third-order valence-corrected chi connectivity index (χ3v) is 8.42. The second kappa shape index (κ2) is 4.78. The Morgan fingerprint density at radius 1 is 1.09 bits per heavy atom. The molecular weight excluding hydrogens is 295 g/mol. The Labute approximate surface area is 137 Å². The van der Waals surface area contributed by atoms with E-state index in [2.05, 4.69) is 0 Å². The molecule has 23 heavy (non-hydrogen) atoms. The molecule has 0 radical (unpaired) electrons. The Bertz CT molecular complexity index is 537. The van der Waals surface area contributed by atoms with E-state index in [1.807, 2.05) is 13.8 Å². The number of hydrogen-bond donors (Lipinski definition) is 2. The Kier molecular flexibility index (Phi) is 3.33. The van der Waals surface area contributed by atoms with Gasteiger partial charge in [0.1, 0.15) is 11.5 Å². The highest BCUT2D eigenvalue weighted by molar-refractivity contribution is 5.87. The van der Waals surface area contributed by atoms with E-state index in [1.165, 1.54) is 0 Å². The molecule has 8 atom stereocenters. The summed E-state index contributed by atoms with van der Waals surface area (Å²) in [5.74, 6) is 0.228. The molecule has 0 aromatic heterocycles. The van der Waals surface area contributed by atoms with Gasteiger partial charge in [0.2, 0.25) is 0 Å². The van der Waals surface area contributed by atoms with E-state index in [0.29, 0.717) is 25.7 Å². The molecule has 3 nitrogen and oxygen atoms in total. The molecule has 130 valence electrons. The first kappa shape index (κ1) is 16.0. The van der Waals surface area contributed by atoms with Gasteiger partial charge in [0.05, 0.1) is 12.2 Å². The summed E-state index contributed by atoms with van der Waals surface area (Å²) in [4.78, 5) is 12.4. The van der Waals surface area contributed by atoms with Crippen LogP contribution in [-0.4, -0.2) is 33.9 Å². The van der Waals surface area contributed by atoms with Crippen LogP contribution in [0.25, 0.3) is 0 Å². The van der Waals surface area contributed by atoms with Gasteiger partial charge in [-0.15, -0.1) is 0 Å². The van der Waals surface area contributed by atoms with E-state index in [-0.39, 0.29) is 36.1 Å². The molecule has 0 spiro atoms. The van der Waals surface area contributed by atoms with Gasteiger partial charge in [0.25, 0.3) is 0 Å². The maximum absolute atomic E-state index is 16.6. The molecule has 4 heteroatoms. The summed E-state index contributed by atoms with van der Waals surface area (Å²) < 4.78 is 16.6. The third kappa shape index (κ3) is 1.80. The predicted molar refractivity (Wildman–Crippen MR) is 84.5 cm³/mol. The zero-order chi connectivity index (χ0) is 16.6. The molecule has 0 aromatic carbocycles. The van der Waals surface area contributed by atoms with Crippen LogP contribution in [0.4, 0.5) is 4.39 Å². The number of ketones is 1. The molecule has 0 aromatic rings. The quantitative estimate of drug-likeness (QED) is 0.720. The van der Waals surface area contributed by atoms with Crippen molar-refractivity contribution in [3.8, 4) is 0 Å². The van der Waals surface area contributed by atoms with Gasteiger partial charge in [-0.25, -0.2) is 4.39 Å². The number of carbonyl (C=O) groups excluding carboxylic acids is 1. The molecule has 4 rings (SSSR count). The van der Waals surface area contributed by atoms with Crippen LogP contribution in [-0.2, 0) is 4.79 Å². The van der Waals surface area contributed by atoms with Gasteiger partial charge in [0.15, 0.2) is 0 Å². The minimum atomic E-state index is -1.61. The molecule has 2 N–H and O–H groups in total. The summed E-state index contributed by atoms with van der Waals surface area (Å²) in [6.07, 6.45) is 3.79. The zero-order valence-electron chi connectivity index (χ0n) is 14.2. The second-order valence-electron chi connectivity index (χ2n) is 9.20. The van der Waals surface area contributed by atoms with E-state index in [1.54, 1.807) is 0 Å². The fourth-order valence-corrected chi connectivity index (χ4v) is 7.01. The van der Waals surface area contributed by atoms with Gasteiger partial charge >= 0.3 is 0 Å². The summed E-state index contributed by atoms with van der Waals surface area (Å²) in [7, 11) is 0. The predicted octanol–water partition coefficient (Wildman–Crippen LogP) is 3.02. The van der Waals surface area contributed by atoms with Crippen LogP contribution >= 0.6 is 0 Å². The Balaban J connectivity index is 1.76. The lowest BCUT2D eigenvalue weighted by Crippen LogP contribution is -2.69. The van der Waals surface area contributed by atoms with Crippen molar-refractivity contribution < 1.29 is 19.4 Å². The summed E-state index contributed by atoms with van der Waals surface area (Å²) in [6, 6.07) is 0. The van der Waals surface area contributed by atoms with Crippen LogP contribution in [0.15, 0.2) is 0 Å². The molecule has 0 aliphatic heterocycles. The molecule has 4 saturated carbocycles. The molecule has 0 amide bonds. The molecule has 0 heterocycles. The summed E-state index contributed by atoms with van der Waals surface area (Å²) in [5.41, 5.74) is -2.70. The van der Waals surface area contributed by atoms with Crippen molar-refractivity contribution in [1.82, 2.24) is 0 Å². The fraction of sp³-hybridized carbons (Fsp3) is 0.947. The van der Waals surface area contributed by atoms with Crippen molar-refractivity contribution in [2.45, 2.75) is 83.1 Å². The van der Waals surface area contributed by atoms with Crippen LogP contribution < -0.4 is 0 Å². The average molecular weight is 324 g/mol. The van der Waals surface area contributed by atoms with Crippen LogP contribution in [0.3, 0.4) is 0 Å². The van der Waals surface area contributed by atoms with Gasteiger partial charge in [-0.2, -0.15) is 0 Å². The van der Waals surface area contributed by atoms with E-state index in [0.717, 1.165) is 19.3 Å². The SMILES string of the molecule is C[C@]12CC[C@@H](O)C[C@@H]1CC[C@@H]1[C@@H]3CCC(=O)[C@@]3(C)C[C@H](O)[C@@]12F. The third-order valence-electron chi connectivity index (χ3n) is 8.42. The molecule has 4 aliphatic carbocycles. The normalized spacial score (nSPS) is 59.2. The Hall–Kier alpha value is -0.480. The summed E-state index contributed by atoms with van der Waals surface area (Å²) in [5, 5.41) is 20.9. The number of aliphatic hydroxyl groups is 2. The maximum Gasteiger partial charge on any atom is 0.145 e. The first-order valence-corrected chi connectivity index (χ1v) is 9.32. The van der Waals surface area contributed by atoms with E-state index < -0.39 is 22.6 Å². The van der Waals surface area contributed by atoms with Crippen LogP contribution in [0, 0.1) is 28.6 Å². The highest BCUT2D eigenvalue weighted by Gasteiger charge is 2.71. The lowest BCUT2D eigenvalue weighted by molar-refractivity contribution is -0.244. The maximum atomic E-state index is 16.6. The molecule has 4 aliphatic rings. The fourth-order valence-electron chi connectivity index (χ4n) is 7.01. The number of halogens is 1. The number of rotatable bonds is 0. The highest BCUT2D eigenvalue weighted by atomic mass is 19.1. The largest absolute Gasteiger partial charge is 0.393 e. The number of hydrogen-bond acceptors (Lipinski definition) is 3. The Morgan fingerprint density at radius 3 is 2.57 bits per heavy atom. The van der Waals surface area contributed by atoms with Crippen LogP contribution in [0.1, 0.15) is 65.2 Å². The van der Waals surface area contributed by atoms with Crippen LogP contribution in [0.2, 0.25) is 0 Å².